The molecule has 0 unspecified atom stereocenters. The third-order valence-corrected chi connectivity index (χ3v) is 1.99. The lowest BCUT2D eigenvalue weighted by Crippen LogP contribution is -2.42. The minimum atomic E-state index is -1.33. The SMILES string of the molecule is OB(O)NC1CCCCC1. The number of hydrogen-bond acceptors (Lipinski definition) is 3. The average molecular weight is 143 g/mol. The summed E-state index contributed by atoms with van der Waals surface area (Å²) in [6, 6.07) is 0.328. The van der Waals surface area contributed by atoms with E-state index >= 15 is 0 Å². The van der Waals surface area contributed by atoms with E-state index in [9.17, 15) is 0 Å². The first kappa shape index (κ1) is 8.05. The van der Waals surface area contributed by atoms with E-state index in [0.717, 1.165) is 12.8 Å². The molecule has 0 aromatic heterocycles. The zero-order valence-corrected chi connectivity index (χ0v) is 6.08. The number of rotatable bonds is 2. The predicted octanol–water partition coefficient (Wildman–Crippen LogP) is -0.122. The van der Waals surface area contributed by atoms with Gasteiger partial charge in [0, 0.05) is 6.04 Å². The van der Waals surface area contributed by atoms with Gasteiger partial charge in [0.1, 0.15) is 0 Å². The van der Waals surface area contributed by atoms with Crippen LogP contribution in [0.2, 0.25) is 0 Å². The molecule has 1 fully saturated rings. The topological polar surface area (TPSA) is 52.5 Å². The highest BCUT2D eigenvalue weighted by Gasteiger charge is 2.17. The van der Waals surface area contributed by atoms with Crippen LogP contribution >= 0.6 is 0 Å². The Morgan fingerprint density at radius 2 is 1.70 bits per heavy atom. The fourth-order valence-corrected chi connectivity index (χ4v) is 1.48. The Bertz CT molecular complexity index is 93.7. The summed E-state index contributed by atoms with van der Waals surface area (Å²) >= 11 is 0. The van der Waals surface area contributed by atoms with Gasteiger partial charge in [-0.1, -0.05) is 19.3 Å². The highest BCUT2D eigenvalue weighted by molar-refractivity contribution is 6.37. The Labute approximate surface area is 61.6 Å². The molecule has 0 aromatic rings. The van der Waals surface area contributed by atoms with Crippen LogP contribution in [-0.4, -0.2) is 23.3 Å². The van der Waals surface area contributed by atoms with E-state index in [1.165, 1.54) is 19.3 Å². The van der Waals surface area contributed by atoms with Crippen LogP contribution in [0.4, 0.5) is 0 Å². The maximum absolute atomic E-state index is 8.55. The quantitative estimate of drug-likeness (QED) is 0.472. The fourth-order valence-electron chi connectivity index (χ4n) is 1.48. The van der Waals surface area contributed by atoms with Gasteiger partial charge >= 0.3 is 7.25 Å². The van der Waals surface area contributed by atoms with Gasteiger partial charge in [0.2, 0.25) is 0 Å². The second-order valence-electron chi connectivity index (χ2n) is 2.88. The molecule has 0 spiro atoms. The van der Waals surface area contributed by atoms with Crippen LogP contribution < -0.4 is 5.23 Å². The lowest BCUT2D eigenvalue weighted by atomic mass is 9.92. The lowest BCUT2D eigenvalue weighted by molar-refractivity contribution is 0.338. The average Bonchev–Trinajstić information content (AvgIpc) is 1.88. The van der Waals surface area contributed by atoms with Crippen molar-refractivity contribution in [2.24, 2.45) is 0 Å². The Hall–Kier alpha value is -0.0551. The van der Waals surface area contributed by atoms with Gasteiger partial charge in [-0.15, -0.1) is 0 Å². The second-order valence-corrected chi connectivity index (χ2v) is 2.88. The molecule has 1 saturated carbocycles. The highest BCUT2D eigenvalue weighted by atomic mass is 16.4. The van der Waals surface area contributed by atoms with Crippen LogP contribution in [0.15, 0.2) is 0 Å². The van der Waals surface area contributed by atoms with Gasteiger partial charge in [0.15, 0.2) is 0 Å². The zero-order valence-electron chi connectivity index (χ0n) is 6.08. The van der Waals surface area contributed by atoms with Gasteiger partial charge in [-0.05, 0) is 12.8 Å². The molecular weight excluding hydrogens is 129 g/mol. The van der Waals surface area contributed by atoms with Crippen molar-refractivity contribution in [3.63, 3.8) is 0 Å². The summed E-state index contributed by atoms with van der Waals surface area (Å²) in [5.74, 6) is 0. The minimum Gasteiger partial charge on any atom is -0.413 e. The van der Waals surface area contributed by atoms with Crippen LogP contribution in [0.1, 0.15) is 32.1 Å². The van der Waals surface area contributed by atoms with Crippen molar-refractivity contribution in [2.75, 3.05) is 0 Å². The summed E-state index contributed by atoms with van der Waals surface area (Å²) in [6.45, 7) is 0. The van der Waals surface area contributed by atoms with Crippen LogP contribution in [0.3, 0.4) is 0 Å². The van der Waals surface area contributed by atoms with Crippen molar-refractivity contribution in [1.82, 2.24) is 5.23 Å². The van der Waals surface area contributed by atoms with Crippen molar-refractivity contribution in [1.29, 1.82) is 0 Å². The molecule has 0 heterocycles. The second kappa shape index (κ2) is 3.96. The Morgan fingerprint density at radius 3 is 2.20 bits per heavy atom. The van der Waals surface area contributed by atoms with Crippen molar-refractivity contribution in [2.45, 2.75) is 38.1 Å². The van der Waals surface area contributed by atoms with Crippen molar-refractivity contribution < 1.29 is 10.0 Å². The van der Waals surface area contributed by atoms with Crippen LogP contribution in [0.5, 0.6) is 0 Å². The van der Waals surface area contributed by atoms with Gasteiger partial charge in [-0.25, -0.2) is 0 Å². The van der Waals surface area contributed by atoms with Crippen LogP contribution in [-0.2, 0) is 0 Å². The predicted molar refractivity (Wildman–Crippen MR) is 40.2 cm³/mol. The Balaban J connectivity index is 2.13. The summed E-state index contributed by atoms with van der Waals surface area (Å²) in [7, 11) is -1.33. The van der Waals surface area contributed by atoms with E-state index in [2.05, 4.69) is 5.23 Å². The molecule has 3 nitrogen and oxygen atoms in total. The molecule has 0 bridgehead atoms. The molecule has 0 aliphatic heterocycles. The first-order chi connectivity index (χ1) is 4.79. The molecule has 58 valence electrons. The summed E-state index contributed by atoms with van der Waals surface area (Å²) in [5, 5.41) is 19.8. The van der Waals surface area contributed by atoms with E-state index in [-0.39, 0.29) is 0 Å². The van der Waals surface area contributed by atoms with Gasteiger partial charge < -0.3 is 15.3 Å². The molecule has 0 aromatic carbocycles. The molecule has 1 aliphatic rings. The van der Waals surface area contributed by atoms with E-state index in [0.29, 0.717) is 6.04 Å². The van der Waals surface area contributed by atoms with E-state index in [1.54, 1.807) is 0 Å². The molecule has 0 saturated heterocycles. The normalized spacial score (nSPS) is 21.0. The zero-order chi connectivity index (χ0) is 7.40. The smallest absolute Gasteiger partial charge is 0.413 e. The van der Waals surface area contributed by atoms with Crippen LogP contribution in [0, 0.1) is 0 Å². The van der Waals surface area contributed by atoms with Crippen LogP contribution in [0.25, 0.3) is 0 Å². The first-order valence-corrected chi connectivity index (χ1v) is 3.91. The van der Waals surface area contributed by atoms with E-state index < -0.39 is 7.25 Å². The van der Waals surface area contributed by atoms with Gasteiger partial charge in [-0.2, -0.15) is 0 Å². The standard InChI is InChI=1S/C6H14BNO2/c9-7(10)8-6-4-2-1-3-5-6/h6,8-10H,1-5H2. The van der Waals surface area contributed by atoms with E-state index in [1.807, 2.05) is 0 Å². The molecule has 1 rings (SSSR count). The van der Waals surface area contributed by atoms with Crippen molar-refractivity contribution in [3.05, 3.63) is 0 Å². The number of nitrogens with one attached hydrogen (secondary N) is 1. The molecular formula is C6H14BNO2. The van der Waals surface area contributed by atoms with Gasteiger partial charge in [0.05, 0.1) is 0 Å². The molecule has 1 aliphatic carbocycles. The maximum Gasteiger partial charge on any atom is 0.549 e. The molecule has 3 N–H and O–H groups in total. The van der Waals surface area contributed by atoms with Crippen molar-refractivity contribution >= 4 is 7.25 Å². The maximum atomic E-state index is 8.55. The van der Waals surface area contributed by atoms with Gasteiger partial charge in [0.25, 0.3) is 0 Å². The van der Waals surface area contributed by atoms with Crippen molar-refractivity contribution in [3.8, 4) is 0 Å². The first-order valence-electron chi connectivity index (χ1n) is 3.91. The molecule has 4 heteroatoms. The summed E-state index contributed by atoms with van der Waals surface area (Å²) in [4.78, 5) is 0. The molecule has 0 radical (unpaired) electrons. The summed E-state index contributed by atoms with van der Waals surface area (Å²) in [6.07, 6.45) is 5.88. The third kappa shape index (κ3) is 2.69. The highest BCUT2D eigenvalue weighted by Crippen LogP contribution is 2.16. The Kier molecular flexibility index (Phi) is 3.18. The summed E-state index contributed by atoms with van der Waals surface area (Å²) < 4.78 is 0. The molecule has 10 heavy (non-hydrogen) atoms. The monoisotopic (exact) mass is 143 g/mol. The summed E-state index contributed by atoms with van der Waals surface area (Å²) in [5.41, 5.74) is 0. The van der Waals surface area contributed by atoms with E-state index in [4.69, 9.17) is 10.0 Å². The minimum absolute atomic E-state index is 0.328. The Morgan fingerprint density at radius 1 is 1.10 bits per heavy atom. The largest absolute Gasteiger partial charge is 0.549 e. The lowest BCUT2D eigenvalue weighted by Gasteiger charge is -2.22. The molecule has 0 amide bonds. The third-order valence-electron chi connectivity index (χ3n) is 1.99. The van der Waals surface area contributed by atoms with Gasteiger partial charge in [-0.3, -0.25) is 0 Å². The fraction of sp³-hybridized carbons (Fsp3) is 1.00. The molecule has 0 atom stereocenters. The number of hydrogen-bond donors (Lipinski definition) is 3.